The lowest BCUT2D eigenvalue weighted by atomic mass is 10.2. The summed E-state index contributed by atoms with van der Waals surface area (Å²) < 4.78 is 5.19. The monoisotopic (exact) mass is 279 g/mol. The van der Waals surface area contributed by atoms with Gasteiger partial charge in [0.2, 0.25) is 5.91 Å². The second kappa shape index (κ2) is 8.04. The Morgan fingerprint density at radius 2 is 1.95 bits per heavy atom. The van der Waals surface area contributed by atoms with Crippen molar-refractivity contribution in [2.24, 2.45) is 0 Å². The molecule has 0 aliphatic heterocycles. The Morgan fingerprint density at radius 3 is 2.60 bits per heavy atom. The summed E-state index contributed by atoms with van der Waals surface area (Å²) in [6.07, 6.45) is 0. The zero-order valence-corrected chi connectivity index (χ0v) is 12.0. The number of carbonyl (C=O) groups is 2. The van der Waals surface area contributed by atoms with Crippen molar-refractivity contribution in [1.82, 2.24) is 16.0 Å². The number of rotatable bonds is 6. The summed E-state index contributed by atoms with van der Waals surface area (Å²) in [6.45, 7) is 4.33. The van der Waals surface area contributed by atoms with Gasteiger partial charge in [-0.15, -0.1) is 0 Å². The molecule has 6 heteroatoms. The molecule has 0 spiro atoms. The number of hydrogen-bond donors (Lipinski definition) is 3. The van der Waals surface area contributed by atoms with Gasteiger partial charge in [0, 0.05) is 18.7 Å². The standard InChI is InChI=1S/C14H21N3O3/c1-4-15-13(18)10(2)17-14(19)16-9-11-7-5-6-8-12(11)20-3/h5-8,10H,4,9H2,1-3H3,(H,15,18)(H2,16,17,19)/t10-/m0/s1. The van der Waals surface area contributed by atoms with Gasteiger partial charge < -0.3 is 20.7 Å². The Bertz CT molecular complexity index is 463. The fourth-order valence-electron chi connectivity index (χ4n) is 1.67. The van der Waals surface area contributed by atoms with Crippen LogP contribution in [0, 0.1) is 0 Å². The van der Waals surface area contributed by atoms with E-state index in [1.165, 1.54) is 0 Å². The van der Waals surface area contributed by atoms with Gasteiger partial charge >= 0.3 is 6.03 Å². The molecule has 1 rings (SSSR count). The molecule has 20 heavy (non-hydrogen) atoms. The Morgan fingerprint density at radius 1 is 1.25 bits per heavy atom. The first-order chi connectivity index (χ1) is 9.58. The maximum absolute atomic E-state index is 11.7. The van der Waals surface area contributed by atoms with E-state index >= 15 is 0 Å². The Balaban J connectivity index is 2.45. The summed E-state index contributed by atoms with van der Waals surface area (Å²) in [4.78, 5) is 23.2. The van der Waals surface area contributed by atoms with Crippen LogP contribution in [0.4, 0.5) is 4.79 Å². The van der Waals surface area contributed by atoms with Crippen LogP contribution in [0.5, 0.6) is 5.75 Å². The van der Waals surface area contributed by atoms with Gasteiger partial charge in [0.05, 0.1) is 7.11 Å². The molecule has 0 saturated carbocycles. The number of benzene rings is 1. The van der Waals surface area contributed by atoms with Crippen LogP contribution >= 0.6 is 0 Å². The highest BCUT2D eigenvalue weighted by Crippen LogP contribution is 2.16. The molecular formula is C14H21N3O3. The number of nitrogens with one attached hydrogen (secondary N) is 3. The van der Waals surface area contributed by atoms with Crippen LogP contribution in [0.15, 0.2) is 24.3 Å². The number of carbonyl (C=O) groups excluding carboxylic acids is 2. The lowest BCUT2D eigenvalue weighted by Gasteiger charge is -2.14. The Kier molecular flexibility index (Phi) is 6.36. The number of amides is 3. The number of hydrogen-bond acceptors (Lipinski definition) is 3. The van der Waals surface area contributed by atoms with Crippen LogP contribution in [0.1, 0.15) is 19.4 Å². The van der Waals surface area contributed by atoms with Crippen molar-refractivity contribution < 1.29 is 14.3 Å². The molecule has 110 valence electrons. The molecule has 6 nitrogen and oxygen atoms in total. The third-order valence-electron chi connectivity index (χ3n) is 2.72. The summed E-state index contributed by atoms with van der Waals surface area (Å²) in [5.41, 5.74) is 0.871. The maximum atomic E-state index is 11.7. The zero-order valence-electron chi connectivity index (χ0n) is 12.0. The lowest BCUT2D eigenvalue weighted by Crippen LogP contribution is -2.48. The van der Waals surface area contributed by atoms with Crippen LogP contribution in [-0.4, -0.2) is 31.6 Å². The van der Waals surface area contributed by atoms with Crippen LogP contribution < -0.4 is 20.7 Å². The highest BCUT2D eigenvalue weighted by Gasteiger charge is 2.14. The second-order valence-corrected chi connectivity index (χ2v) is 4.26. The van der Waals surface area contributed by atoms with Gasteiger partial charge in [-0.1, -0.05) is 18.2 Å². The van der Waals surface area contributed by atoms with E-state index in [4.69, 9.17) is 4.74 Å². The molecule has 0 bridgehead atoms. The minimum Gasteiger partial charge on any atom is -0.496 e. The van der Waals surface area contributed by atoms with Gasteiger partial charge in [0.1, 0.15) is 11.8 Å². The van der Waals surface area contributed by atoms with E-state index < -0.39 is 12.1 Å². The van der Waals surface area contributed by atoms with E-state index in [0.29, 0.717) is 18.8 Å². The summed E-state index contributed by atoms with van der Waals surface area (Å²) >= 11 is 0. The first-order valence-electron chi connectivity index (χ1n) is 6.52. The lowest BCUT2D eigenvalue weighted by molar-refractivity contribution is -0.122. The molecule has 1 aromatic carbocycles. The van der Waals surface area contributed by atoms with E-state index in [-0.39, 0.29) is 5.91 Å². The van der Waals surface area contributed by atoms with Crippen molar-refractivity contribution in [3.8, 4) is 5.75 Å². The first kappa shape index (κ1) is 15.8. The molecule has 1 aromatic rings. The number of likely N-dealkylation sites (N-methyl/N-ethyl adjacent to an activating group) is 1. The second-order valence-electron chi connectivity index (χ2n) is 4.26. The van der Waals surface area contributed by atoms with Gasteiger partial charge in [-0.25, -0.2) is 4.79 Å². The summed E-state index contributed by atoms with van der Waals surface area (Å²) in [7, 11) is 1.58. The van der Waals surface area contributed by atoms with Crippen molar-refractivity contribution in [1.29, 1.82) is 0 Å². The van der Waals surface area contributed by atoms with Crippen LogP contribution in [0.2, 0.25) is 0 Å². The minimum atomic E-state index is -0.576. The van der Waals surface area contributed by atoms with Crippen molar-refractivity contribution in [2.45, 2.75) is 26.4 Å². The molecule has 3 N–H and O–H groups in total. The highest BCUT2D eigenvalue weighted by atomic mass is 16.5. The van der Waals surface area contributed by atoms with Gasteiger partial charge in [-0.3, -0.25) is 4.79 Å². The van der Waals surface area contributed by atoms with E-state index in [2.05, 4.69) is 16.0 Å². The van der Waals surface area contributed by atoms with Crippen LogP contribution in [-0.2, 0) is 11.3 Å². The van der Waals surface area contributed by atoms with Crippen molar-refractivity contribution in [2.75, 3.05) is 13.7 Å². The van der Waals surface area contributed by atoms with Crippen molar-refractivity contribution in [3.05, 3.63) is 29.8 Å². The molecule has 0 fully saturated rings. The quantitative estimate of drug-likeness (QED) is 0.727. The average Bonchev–Trinajstić information content (AvgIpc) is 2.45. The molecule has 0 heterocycles. The third-order valence-corrected chi connectivity index (χ3v) is 2.72. The third kappa shape index (κ3) is 4.79. The van der Waals surface area contributed by atoms with E-state index in [1.54, 1.807) is 14.0 Å². The summed E-state index contributed by atoms with van der Waals surface area (Å²) in [5.74, 6) is 0.504. The van der Waals surface area contributed by atoms with Gasteiger partial charge in [0.15, 0.2) is 0 Å². The smallest absolute Gasteiger partial charge is 0.315 e. The highest BCUT2D eigenvalue weighted by molar-refractivity contribution is 5.86. The number of methoxy groups -OCH3 is 1. The molecule has 1 atom stereocenters. The first-order valence-corrected chi connectivity index (χ1v) is 6.52. The molecule has 0 aliphatic carbocycles. The maximum Gasteiger partial charge on any atom is 0.315 e. The number of ether oxygens (including phenoxy) is 1. The van der Waals surface area contributed by atoms with Gasteiger partial charge in [-0.2, -0.15) is 0 Å². The molecule has 3 amide bonds. The molecule has 0 unspecified atom stereocenters. The van der Waals surface area contributed by atoms with E-state index in [0.717, 1.165) is 5.56 Å². The fourth-order valence-corrected chi connectivity index (χ4v) is 1.67. The van der Waals surface area contributed by atoms with E-state index in [1.807, 2.05) is 31.2 Å². The topological polar surface area (TPSA) is 79.5 Å². The Labute approximate surface area is 118 Å². The minimum absolute atomic E-state index is 0.208. The number of urea groups is 1. The molecular weight excluding hydrogens is 258 g/mol. The van der Waals surface area contributed by atoms with Crippen molar-refractivity contribution in [3.63, 3.8) is 0 Å². The SMILES string of the molecule is CCNC(=O)[C@H](C)NC(=O)NCc1ccccc1OC. The Hall–Kier alpha value is -2.24. The largest absolute Gasteiger partial charge is 0.496 e. The van der Waals surface area contributed by atoms with Crippen LogP contribution in [0.25, 0.3) is 0 Å². The summed E-state index contributed by atoms with van der Waals surface area (Å²) in [5, 5.41) is 7.90. The van der Waals surface area contributed by atoms with Gasteiger partial charge in [0.25, 0.3) is 0 Å². The van der Waals surface area contributed by atoms with Crippen molar-refractivity contribution >= 4 is 11.9 Å². The normalized spacial score (nSPS) is 11.3. The molecule has 0 aliphatic rings. The summed E-state index contributed by atoms with van der Waals surface area (Å²) in [6, 6.07) is 6.45. The predicted octanol–water partition coefficient (Wildman–Crippen LogP) is 1.02. The zero-order chi connectivity index (χ0) is 15.0. The molecule has 0 radical (unpaired) electrons. The average molecular weight is 279 g/mol. The fraction of sp³-hybridized carbons (Fsp3) is 0.429. The van der Waals surface area contributed by atoms with Crippen LogP contribution in [0.3, 0.4) is 0 Å². The predicted molar refractivity (Wildman–Crippen MR) is 76.5 cm³/mol. The van der Waals surface area contributed by atoms with Gasteiger partial charge in [-0.05, 0) is 19.9 Å². The molecule has 0 aromatic heterocycles. The van der Waals surface area contributed by atoms with E-state index in [9.17, 15) is 9.59 Å². The number of para-hydroxylation sites is 1. The molecule has 0 saturated heterocycles.